The highest BCUT2D eigenvalue weighted by atomic mass is 35.5. The summed E-state index contributed by atoms with van der Waals surface area (Å²) in [7, 11) is 0. The van der Waals surface area contributed by atoms with Crippen molar-refractivity contribution in [2.45, 2.75) is 45.8 Å². The topological polar surface area (TPSA) is 32.8 Å². The number of benzene rings is 2. The minimum Gasteiger partial charge on any atom is -0.447 e. The largest absolute Gasteiger partial charge is 0.447 e. The number of halogens is 1. The first-order chi connectivity index (χ1) is 13.9. The van der Waals surface area contributed by atoms with Gasteiger partial charge in [0.25, 0.3) is 0 Å². The Kier molecular flexibility index (Phi) is 5.48. The van der Waals surface area contributed by atoms with Gasteiger partial charge in [0.2, 0.25) is 0 Å². The number of anilines is 1. The zero-order chi connectivity index (χ0) is 20.6. The van der Waals surface area contributed by atoms with Gasteiger partial charge in [-0.05, 0) is 63.4 Å². The quantitative estimate of drug-likeness (QED) is 0.635. The van der Waals surface area contributed by atoms with E-state index in [9.17, 15) is 4.79 Å². The summed E-state index contributed by atoms with van der Waals surface area (Å²) in [6.07, 6.45) is 1.69. The van der Waals surface area contributed by atoms with E-state index >= 15 is 0 Å². The summed E-state index contributed by atoms with van der Waals surface area (Å²) in [5.41, 5.74) is 3.99. The lowest BCUT2D eigenvalue weighted by Gasteiger charge is -2.61. The highest BCUT2D eigenvalue weighted by molar-refractivity contribution is 6.30. The molecule has 2 saturated heterocycles. The minimum absolute atomic E-state index is 0.0825. The van der Waals surface area contributed by atoms with E-state index in [1.54, 1.807) is 0 Å². The summed E-state index contributed by atoms with van der Waals surface area (Å²) >= 11 is 6.15. The van der Waals surface area contributed by atoms with E-state index in [0.717, 1.165) is 37.5 Å². The zero-order valence-corrected chi connectivity index (χ0v) is 18.2. The molecule has 2 aromatic rings. The fourth-order valence-corrected chi connectivity index (χ4v) is 4.86. The molecule has 2 aromatic carbocycles. The van der Waals surface area contributed by atoms with Crippen molar-refractivity contribution >= 4 is 23.4 Å². The highest BCUT2D eigenvalue weighted by Gasteiger charge is 2.54. The van der Waals surface area contributed by atoms with E-state index in [1.807, 2.05) is 30.9 Å². The van der Waals surface area contributed by atoms with Crippen LogP contribution in [0, 0.1) is 12.3 Å². The normalized spacial score (nSPS) is 20.7. The maximum absolute atomic E-state index is 12.3. The molecular weight excluding hydrogens is 384 g/mol. The number of piperidine rings is 1. The molecule has 1 atom stereocenters. The molecule has 0 saturated carbocycles. The molecule has 29 heavy (non-hydrogen) atoms. The maximum Gasteiger partial charge on any atom is 0.410 e. The fraction of sp³-hybridized carbons (Fsp3) is 0.458. The van der Waals surface area contributed by atoms with Crippen LogP contribution in [0.3, 0.4) is 0 Å². The van der Waals surface area contributed by atoms with Crippen molar-refractivity contribution in [1.82, 2.24) is 4.90 Å². The van der Waals surface area contributed by atoms with Crippen LogP contribution in [0.5, 0.6) is 0 Å². The molecule has 2 heterocycles. The monoisotopic (exact) mass is 412 g/mol. The van der Waals surface area contributed by atoms with Gasteiger partial charge in [0.1, 0.15) is 0 Å². The van der Waals surface area contributed by atoms with Gasteiger partial charge in [-0.25, -0.2) is 4.79 Å². The number of hydrogen-bond acceptors (Lipinski definition) is 3. The van der Waals surface area contributed by atoms with Crippen LogP contribution in [-0.4, -0.2) is 36.7 Å². The van der Waals surface area contributed by atoms with Gasteiger partial charge in [0, 0.05) is 35.8 Å². The minimum atomic E-state index is -0.187. The van der Waals surface area contributed by atoms with E-state index in [4.69, 9.17) is 16.3 Å². The lowest BCUT2D eigenvalue weighted by molar-refractivity contribution is 0.0166. The molecule has 4 nitrogen and oxygen atoms in total. The third-order valence-electron chi connectivity index (χ3n) is 6.28. The van der Waals surface area contributed by atoms with Crippen molar-refractivity contribution in [3.63, 3.8) is 0 Å². The zero-order valence-electron chi connectivity index (χ0n) is 17.4. The van der Waals surface area contributed by atoms with Gasteiger partial charge in [0.15, 0.2) is 0 Å². The number of carbonyl (C=O) groups is 1. The Bertz CT molecular complexity index is 855. The molecule has 2 aliphatic heterocycles. The predicted molar refractivity (Wildman–Crippen MR) is 118 cm³/mol. The summed E-state index contributed by atoms with van der Waals surface area (Å²) < 4.78 is 5.40. The van der Waals surface area contributed by atoms with E-state index in [1.165, 1.54) is 16.8 Å². The number of nitrogens with zero attached hydrogens (tertiary/aromatic N) is 2. The van der Waals surface area contributed by atoms with Crippen LogP contribution in [-0.2, 0) is 4.74 Å². The molecule has 5 heteroatoms. The number of rotatable bonds is 3. The average Bonchev–Trinajstić information content (AvgIpc) is 2.68. The molecule has 0 aromatic heterocycles. The van der Waals surface area contributed by atoms with Crippen molar-refractivity contribution < 1.29 is 9.53 Å². The van der Waals surface area contributed by atoms with Crippen molar-refractivity contribution in [3.05, 3.63) is 64.7 Å². The number of hydrogen-bond donors (Lipinski definition) is 0. The van der Waals surface area contributed by atoms with E-state index in [-0.39, 0.29) is 17.6 Å². The Morgan fingerprint density at radius 1 is 1.07 bits per heavy atom. The molecule has 0 N–H and O–H groups in total. The molecule has 1 amide bonds. The second-order valence-corrected chi connectivity index (χ2v) is 9.14. The second-order valence-electron chi connectivity index (χ2n) is 8.70. The lowest BCUT2D eigenvalue weighted by Crippen LogP contribution is -2.62. The average molecular weight is 413 g/mol. The Balaban J connectivity index is 1.56. The summed E-state index contributed by atoms with van der Waals surface area (Å²) in [4.78, 5) is 16.7. The van der Waals surface area contributed by atoms with Crippen LogP contribution in [0.15, 0.2) is 48.5 Å². The highest BCUT2D eigenvalue weighted by Crippen LogP contribution is 2.56. The second kappa shape index (κ2) is 7.91. The van der Waals surface area contributed by atoms with Crippen LogP contribution in [0.25, 0.3) is 0 Å². The number of likely N-dealkylation sites (tertiary alicyclic amines) is 1. The molecular formula is C24H29ClN2O2. The number of amides is 1. The molecule has 4 rings (SSSR count). The maximum atomic E-state index is 12.3. The third-order valence-corrected chi connectivity index (χ3v) is 6.53. The summed E-state index contributed by atoms with van der Waals surface area (Å²) in [6.45, 7) is 8.41. The standard InChI is InChI=1S/C24H29ClN2O2/c1-17(2)29-23(28)26-14-12-24(13-15-26)16-27(21-10-4-18(3)5-11-21)22(24)19-6-8-20(25)9-7-19/h4-11,17,22H,12-16H2,1-3H3. The molecule has 2 aliphatic rings. The van der Waals surface area contributed by atoms with Crippen LogP contribution in [0.2, 0.25) is 5.02 Å². The van der Waals surface area contributed by atoms with Crippen LogP contribution in [0.4, 0.5) is 10.5 Å². The van der Waals surface area contributed by atoms with E-state index < -0.39 is 0 Å². The molecule has 0 bridgehead atoms. The van der Waals surface area contributed by atoms with Gasteiger partial charge >= 0.3 is 6.09 Å². The van der Waals surface area contributed by atoms with Crippen LogP contribution < -0.4 is 4.90 Å². The number of ether oxygens (including phenoxy) is 1. The third kappa shape index (κ3) is 3.95. The van der Waals surface area contributed by atoms with Crippen molar-refractivity contribution in [2.75, 3.05) is 24.5 Å². The first kappa shape index (κ1) is 20.1. The predicted octanol–water partition coefficient (Wildman–Crippen LogP) is 5.84. The first-order valence-corrected chi connectivity index (χ1v) is 10.8. The Morgan fingerprint density at radius 3 is 2.28 bits per heavy atom. The number of carbonyl (C=O) groups excluding carboxylic acids is 1. The van der Waals surface area contributed by atoms with E-state index in [2.05, 4.69) is 48.2 Å². The molecule has 0 aliphatic carbocycles. The fourth-order valence-electron chi connectivity index (χ4n) is 4.73. The molecule has 2 fully saturated rings. The van der Waals surface area contributed by atoms with Gasteiger partial charge in [-0.3, -0.25) is 0 Å². The molecule has 1 spiro atoms. The van der Waals surface area contributed by atoms with Gasteiger partial charge in [-0.2, -0.15) is 0 Å². The van der Waals surface area contributed by atoms with Gasteiger partial charge in [-0.1, -0.05) is 41.4 Å². The van der Waals surface area contributed by atoms with Crippen LogP contribution >= 0.6 is 11.6 Å². The van der Waals surface area contributed by atoms with Crippen LogP contribution in [0.1, 0.15) is 43.9 Å². The molecule has 1 unspecified atom stereocenters. The Morgan fingerprint density at radius 2 is 1.69 bits per heavy atom. The van der Waals surface area contributed by atoms with Gasteiger partial charge < -0.3 is 14.5 Å². The Labute approximate surface area is 178 Å². The lowest BCUT2D eigenvalue weighted by atomic mass is 9.63. The summed E-state index contributed by atoms with van der Waals surface area (Å²) in [5, 5.41) is 0.759. The van der Waals surface area contributed by atoms with Crippen molar-refractivity contribution in [2.24, 2.45) is 5.41 Å². The number of aryl methyl sites for hydroxylation is 1. The summed E-state index contributed by atoms with van der Waals surface area (Å²) in [5.74, 6) is 0. The Hall–Kier alpha value is -2.20. The first-order valence-electron chi connectivity index (χ1n) is 10.4. The van der Waals surface area contributed by atoms with Gasteiger partial charge in [-0.15, -0.1) is 0 Å². The van der Waals surface area contributed by atoms with Crippen molar-refractivity contribution in [3.8, 4) is 0 Å². The van der Waals surface area contributed by atoms with Gasteiger partial charge in [0.05, 0.1) is 12.1 Å². The smallest absolute Gasteiger partial charge is 0.410 e. The molecule has 0 radical (unpaired) electrons. The summed E-state index contributed by atoms with van der Waals surface area (Å²) in [6, 6.07) is 17.3. The van der Waals surface area contributed by atoms with Crippen molar-refractivity contribution in [1.29, 1.82) is 0 Å². The SMILES string of the molecule is Cc1ccc(N2CC3(CCN(C(=O)OC(C)C)CC3)C2c2ccc(Cl)cc2)cc1. The van der Waals surface area contributed by atoms with E-state index in [0.29, 0.717) is 6.04 Å². The molecule has 154 valence electrons.